The fourth-order valence-corrected chi connectivity index (χ4v) is 5.77. The van der Waals surface area contributed by atoms with Crippen molar-refractivity contribution in [2.24, 2.45) is 0 Å². The van der Waals surface area contributed by atoms with Gasteiger partial charge in [-0.05, 0) is 81.3 Å². The zero-order valence-corrected chi connectivity index (χ0v) is 24.1. The first kappa shape index (κ1) is 29.5. The highest BCUT2D eigenvalue weighted by Gasteiger charge is 2.33. The molecule has 0 saturated carbocycles. The molecule has 0 radical (unpaired) electrons. The van der Waals surface area contributed by atoms with Gasteiger partial charge in [-0.2, -0.15) is 0 Å². The molecule has 10 heteroatoms. The van der Waals surface area contributed by atoms with Crippen molar-refractivity contribution in [3.8, 4) is 0 Å². The van der Waals surface area contributed by atoms with Crippen LogP contribution in [0.25, 0.3) is 0 Å². The van der Waals surface area contributed by atoms with Crippen LogP contribution in [0.1, 0.15) is 30.5 Å². The summed E-state index contributed by atoms with van der Waals surface area (Å²) in [6, 6.07) is 17.3. The Labute approximate surface area is 234 Å². The lowest BCUT2D eigenvalue weighted by molar-refractivity contribution is -0.139. The molecule has 1 atom stereocenters. The zero-order valence-electron chi connectivity index (χ0n) is 21.7. The highest BCUT2D eigenvalue weighted by atomic mass is 35.5. The van der Waals surface area contributed by atoms with Gasteiger partial charge in [-0.25, -0.2) is 8.42 Å². The van der Waals surface area contributed by atoms with Gasteiger partial charge >= 0.3 is 0 Å². The van der Waals surface area contributed by atoms with E-state index in [0.717, 1.165) is 15.4 Å². The molecule has 1 N–H and O–H groups in total. The molecule has 0 spiro atoms. The number of halogens is 2. The van der Waals surface area contributed by atoms with Crippen molar-refractivity contribution in [2.45, 2.75) is 45.2 Å². The number of likely N-dealkylation sites (N-methyl/N-ethyl adjacent to an activating group) is 1. The van der Waals surface area contributed by atoms with Crippen molar-refractivity contribution in [1.29, 1.82) is 0 Å². The van der Waals surface area contributed by atoms with Crippen molar-refractivity contribution in [1.82, 2.24) is 10.2 Å². The standard InChI is InChI=1S/C28H31Cl2N3O4S/c1-5-31-28(35)21(4)32(17-22-8-10-23(29)11-9-22)27(34)18-33(26-15-12-24(30)16-20(26)3)38(36,37)25-13-6-19(2)7-14-25/h6-16,21H,5,17-18H2,1-4H3,(H,31,35)/t21-/m1/s1. The SMILES string of the molecule is CCNC(=O)[C@@H](C)N(Cc1ccc(Cl)cc1)C(=O)CN(c1ccc(Cl)cc1C)S(=O)(=O)c1ccc(C)cc1. The Hall–Kier alpha value is -3.07. The van der Waals surface area contributed by atoms with E-state index in [9.17, 15) is 18.0 Å². The molecule has 2 amide bonds. The van der Waals surface area contributed by atoms with Crippen LogP contribution in [0.15, 0.2) is 71.6 Å². The van der Waals surface area contributed by atoms with Crippen LogP contribution in [0, 0.1) is 13.8 Å². The first-order valence-corrected chi connectivity index (χ1v) is 14.3. The molecule has 3 rings (SSSR count). The first-order valence-electron chi connectivity index (χ1n) is 12.1. The molecule has 0 aliphatic rings. The van der Waals surface area contributed by atoms with Gasteiger partial charge in [0.2, 0.25) is 11.8 Å². The number of hydrogen-bond acceptors (Lipinski definition) is 4. The Morgan fingerprint density at radius 3 is 2.11 bits per heavy atom. The summed E-state index contributed by atoms with van der Waals surface area (Å²) < 4.78 is 28.8. The third kappa shape index (κ3) is 7.07. The lowest BCUT2D eigenvalue weighted by atomic mass is 10.1. The minimum Gasteiger partial charge on any atom is -0.355 e. The zero-order chi connectivity index (χ0) is 28.0. The van der Waals surface area contributed by atoms with Crippen LogP contribution >= 0.6 is 23.2 Å². The van der Waals surface area contributed by atoms with Gasteiger partial charge in [0.1, 0.15) is 12.6 Å². The molecule has 0 bridgehead atoms. The quantitative estimate of drug-likeness (QED) is 0.352. The Bertz CT molecular complexity index is 1390. The van der Waals surface area contributed by atoms with Crippen LogP contribution in [-0.2, 0) is 26.2 Å². The Morgan fingerprint density at radius 2 is 1.53 bits per heavy atom. The predicted molar refractivity (Wildman–Crippen MR) is 152 cm³/mol. The van der Waals surface area contributed by atoms with Crippen molar-refractivity contribution in [3.63, 3.8) is 0 Å². The number of hydrogen-bond donors (Lipinski definition) is 1. The van der Waals surface area contributed by atoms with Crippen molar-refractivity contribution < 1.29 is 18.0 Å². The van der Waals surface area contributed by atoms with E-state index in [1.54, 1.807) is 75.4 Å². The van der Waals surface area contributed by atoms with Crippen LogP contribution in [-0.4, -0.2) is 44.3 Å². The molecule has 0 aromatic heterocycles. The fourth-order valence-electron chi connectivity index (χ4n) is 3.94. The molecule has 38 heavy (non-hydrogen) atoms. The van der Waals surface area contributed by atoms with Gasteiger partial charge in [-0.1, -0.05) is 53.0 Å². The van der Waals surface area contributed by atoms with Gasteiger partial charge in [-0.3, -0.25) is 13.9 Å². The van der Waals surface area contributed by atoms with Crippen molar-refractivity contribution in [3.05, 3.63) is 93.5 Å². The second kappa shape index (κ2) is 12.7. The molecule has 0 unspecified atom stereocenters. The lowest BCUT2D eigenvalue weighted by Crippen LogP contribution is -2.51. The van der Waals surface area contributed by atoms with Gasteiger partial charge in [0, 0.05) is 23.1 Å². The van der Waals surface area contributed by atoms with Crippen LogP contribution in [0.4, 0.5) is 5.69 Å². The summed E-state index contributed by atoms with van der Waals surface area (Å²) in [5.74, 6) is -0.880. The molecule has 3 aromatic carbocycles. The number of benzene rings is 3. The molecule has 3 aromatic rings. The van der Waals surface area contributed by atoms with Crippen molar-refractivity contribution in [2.75, 3.05) is 17.4 Å². The van der Waals surface area contributed by atoms with Gasteiger partial charge < -0.3 is 10.2 Å². The maximum Gasteiger partial charge on any atom is 0.264 e. The molecule has 0 aliphatic carbocycles. The smallest absolute Gasteiger partial charge is 0.264 e. The molecule has 0 aliphatic heterocycles. The number of anilines is 1. The molecular weight excluding hydrogens is 545 g/mol. The van der Waals surface area contributed by atoms with Gasteiger partial charge in [0.25, 0.3) is 10.0 Å². The molecule has 7 nitrogen and oxygen atoms in total. The summed E-state index contributed by atoms with van der Waals surface area (Å²) >= 11 is 12.2. The molecule has 0 heterocycles. The number of carbonyl (C=O) groups excluding carboxylic acids is 2. The van der Waals surface area contributed by atoms with Gasteiger partial charge in [-0.15, -0.1) is 0 Å². The van der Waals surface area contributed by atoms with E-state index in [1.807, 2.05) is 6.92 Å². The Balaban J connectivity index is 2.06. The topological polar surface area (TPSA) is 86.8 Å². The number of rotatable bonds is 10. The second-order valence-electron chi connectivity index (χ2n) is 8.97. The summed E-state index contributed by atoms with van der Waals surface area (Å²) in [4.78, 5) is 28.0. The number of sulfonamides is 1. The fraction of sp³-hybridized carbons (Fsp3) is 0.286. The lowest BCUT2D eigenvalue weighted by Gasteiger charge is -2.32. The highest BCUT2D eigenvalue weighted by molar-refractivity contribution is 7.92. The van der Waals surface area contributed by atoms with E-state index < -0.39 is 28.5 Å². The summed E-state index contributed by atoms with van der Waals surface area (Å²) in [7, 11) is -4.14. The van der Waals surface area contributed by atoms with Gasteiger partial charge in [0.05, 0.1) is 10.6 Å². The van der Waals surface area contributed by atoms with Crippen LogP contribution in [0.2, 0.25) is 10.0 Å². The average molecular weight is 577 g/mol. The molecule has 0 saturated heterocycles. The maximum atomic E-state index is 13.9. The van der Waals surface area contributed by atoms with Crippen LogP contribution in [0.5, 0.6) is 0 Å². The van der Waals surface area contributed by atoms with Crippen molar-refractivity contribution >= 4 is 50.7 Å². The molecular formula is C28H31Cl2N3O4S. The van der Waals surface area contributed by atoms with E-state index in [4.69, 9.17) is 23.2 Å². The molecule has 202 valence electrons. The number of aryl methyl sites for hydroxylation is 2. The van der Waals surface area contributed by atoms with E-state index >= 15 is 0 Å². The number of carbonyl (C=O) groups is 2. The monoisotopic (exact) mass is 575 g/mol. The number of nitrogens with zero attached hydrogens (tertiary/aromatic N) is 2. The summed E-state index contributed by atoms with van der Waals surface area (Å²) in [5, 5.41) is 3.72. The van der Waals surface area contributed by atoms with E-state index in [2.05, 4.69) is 5.32 Å². The van der Waals surface area contributed by atoms with E-state index in [0.29, 0.717) is 27.8 Å². The third-order valence-corrected chi connectivity index (χ3v) is 8.36. The normalized spacial score (nSPS) is 12.1. The second-order valence-corrected chi connectivity index (χ2v) is 11.7. The largest absolute Gasteiger partial charge is 0.355 e. The maximum absolute atomic E-state index is 13.9. The Kier molecular flexibility index (Phi) is 9.82. The van der Waals surface area contributed by atoms with Gasteiger partial charge in [0.15, 0.2) is 0 Å². The van der Waals surface area contributed by atoms with Crippen LogP contribution < -0.4 is 9.62 Å². The number of nitrogens with one attached hydrogen (secondary N) is 1. The average Bonchev–Trinajstić information content (AvgIpc) is 2.87. The predicted octanol–water partition coefficient (Wildman–Crippen LogP) is 5.36. The minimum absolute atomic E-state index is 0.0475. The first-order chi connectivity index (χ1) is 17.9. The van der Waals surface area contributed by atoms with Crippen LogP contribution in [0.3, 0.4) is 0 Å². The number of amides is 2. The summed E-state index contributed by atoms with van der Waals surface area (Å²) in [6.07, 6.45) is 0. The Morgan fingerprint density at radius 1 is 0.921 bits per heavy atom. The molecule has 0 fully saturated rings. The highest BCUT2D eigenvalue weighted by Crippen LogP contribution is 2.29. The van der Waals surface area contributed by atoms with E-state index in [1.165, 1.54) is 17.0 Å². The summed E-state index contributed by atoms with van der Waals surface area (Å²) in [5.41, 5.74) is 2.55. The third-order valence-electron chi connectivity index (χ3n) is 6.10. The van der Waals surface area contributed by atoms with E-state index in [-0.39, 0.29) is 17.3 Å². The minimum atomic E-state index is -4.14. The summed E-state index contributed by atoms with van der Waals surface area (Å²) in [6.45, 7) is 6.96.